The zero-order chi connectivity index (χ0) is 53.2. The first kappa shape index (κ1) is 58.3. The average Bonchev–Trinajstić information content (AvgIpc) is 4.15. The van der Waals surface area contributed by atoms with Gasteiger partial charge in [0.05, 0.1) is 26.0 Å². The Bertz CT molecular complexity index is 2400. The Labute approximate surface area is 452 Å². The molecule has 4 fully saturated rings. The number of nitrogens with zero attached hydrogens (tertiary/aromatic N) is 5. The van der Waals surface area contributed by atoms with Gasteiger partial charge in [0, 0.05) is 65.1 Å². The van der Waals surface area contributed by atoms with Crippen LogP contribution in [0.3, 0.4) is 0 Å². The van der Waals surface area contributed by atoms with Gasteiger partial charge >= 0.3 is 18.2 Å². The molecule has 17 heteroatoms. The van der Waals surface area contributed by atoms with E-state index in [1.54, 1.807) is 37.2 Å². The van der Waals surface area contributed by atoms with Crippen molar-refractivity contribution in [3.63, 3.8) is 0 Å². The van der Waals surface area contributed by atoms with Crippen molar-refractivity contribution in [2.45, 2.75) is 182 Å². The molecule has 4 aromatic heterocycles. The maximum absolute atomic E-state index is 13.8. The van der Waals surface area contributed by atoms with Crippen molar-refractivity contribution in [1.29, 1.82) is 0 Å². The number of amides is 2. The first-order chi connectivity index (χ1) is 34.4. The molecule has 13 nitrogen and oxygen atoms in total. The Morgan fingerprint density at radius 3 is 1.48 bits per heavy atom. The van der Waals surface area contributed by atoms with Crippen LogP contribution < -0.4 is 0 Å². The quantitative estimate of drug-likeness (QED) is 0.158. The minimum absolute atomic E-state index is 0.00967. The van der Waals surface area contributed by atoms with Gasteiger partial charge < -0.3 is 24.4 Å². The van der Waals surface area contributed by atoms with Gasteiger partial charge in [0.2, 0.25) is 0 Å². The van der Waals surface area contributed by atoms with Crippen LogP contribution in [0.4, 0.5) is 9.59 Å². The lowest BCUT2D eigenvalue weighted by molar-refractivity contribution is -0.146. The molecule has 73 heavy (non-hydrogen) atoms. The Morgan fingerprint density at radius 1 is 0.630 bits per heavy atom. The van der Waals surface area contributed by atoms with Crippen LogP contribution in [-0.2, 0) is 40.0 Å². The first-order valence-electron chi connectivity index (χ1n) is 26.8. The summed E-state index contributed by atoms with van der Waals surface area (Å²) in [4.78, 5) is 55.4. The molecule has 404 valence electrons. The van der Waals surface area contributed by atoms with Crippen molar-refractivity contribution in [3.8, 4) is 0 Å². The van der Waals surface area contributed by atoms with Crippen LogP contribution in [0.15, 0.2) is 36.4 Å². The fourth-order valence-electron chi connectivity index (χ4n) is 11.1. The highest BCUT2D eigenvalue weighted by Crippen LogP contribution is 2.38. The monoisotopic (exact) mass is 1080 g/mol. The molecule has 0 radical (unpaired) electrons. The van der Waals surface area contributed by atoms with Crippen molar-refractivity contribution in [3.05, 3.63) is 77.6 Å². The molecule has 2 N–H and O–H groups in total. The number of thiophene rings is 2. The number of aliphatic carboxylic acids is 1. The molecular formula is C56H82Cl2N6O7S2. The predicted molar refractivity (Wildman–Crippen MR) is 293 cm³/mol. The number of rotatable bonds is 10. The summed E-state index contributed by atoms with van der Waals surface area (Å²) in [5.74, 6) is 1.57. The number of carboxylic acids is 1. The number of carbonyl (C=O) groups is 4. The van der Waals surface area contributed by atoms with Crippen molar-refractivity contribution < 1.29 is 33.8 Å². The van der Waals surface area contributed by atoms with Gasteiger partial charge in [0.15, 0.2) is 0 Å². The van der Waals surface area contributed by atoms with Crippen molar-refractivity contribution in [2.75, 3.05) is 26.2 Å². The molecule has 4 unspecified atom stereocenters. The Morgan fingerprint density at radius 2 is 1.07 bits per heavy atom. The van der Waals surface area contributed by atoms with E-state index in [4.69, 9.17) is 42.9 Å². The summed E-state index contributed by atoms with van der Waals surface area (Å²) >= 11 is 15.3. The summed E-state index contributed by atoms with van der Waals surface area (Å²) in [5, 5.41) is 21.5. The molecule has 2 aliphatic carbocycles. The van der Waals surface area contributed by atoms with Crippen LogP contribution in [0, 0.1) is 35.5 Å². The number of nitrogens with one attached hydrogen (secondary N) is 1. The lowest BCUT2D eigenvalue weighted by atomic mass is 9.73. The minimum atomic E-state index is -0.607. The predicted octanol–water partition coefficient (Wildman–Crippen LogP) is 14.4. The molecule has 4 atom stereocenters. The fraction of sp³-hybridized carbons (Fsp3) is 0.679. The highest BCUT2D eigenvalue weighted by Gasteiger charge is 2.37. The van der Waals surface area contributed by atoms with Crippen molar-refractivity contribution >= 4 is 69.9 Å². The Balaban J connectivity index is 0.000000204. The van der Waals surface area contributed by atoms with E-state index in [-0.39, 0.29) is 35.8 Å². The first-order valence-corrected chi connectivity index (χ1v) is 29.2. The zero-order valence-corrected chi connectivity index (χ0v) is 48.2. The van der Waals surface area contributed by atoms with Gasteiger partial charge in [0.1, 0.15) is 11.2 Å². The highest BCUT2D eigenvalue weighted by molar-refractivity contribution is 7.16. The van der Waals surface area contributed by atoms with Gasteiger partial charge in [-0.1, -0.05) is 63.7 Å². The van der Waals surface area contributed by atoms with E-state index in [1.807, 2.05) is 53.7 Å². The number of aromatic nitrogens is 4. The fourth-order valence-corrected chi connectivity index (χ4v) is 13.2. The van der Waals surface area contributed by atoms with Gasteiger partial charge in [-0.3, -0.25) is 14.7 Å². The summed E-state index contributed by atoms with van der Waals surface area (Å²) in [7, 11) is 0. The van der Waals surface area contributed by atoms with E-state index < -0.39 is 17.2 Å². The van der Waals surface area contributed by atoms with Crippen LogP contribution >= 0.6 is 45.9 Å². The van der Waals surface area contributed by atoms with Gasteiger partial charge in [-0.05, 0) is 179 Å². The molecule has 6 heterocycles. The summed E-state index contributed by atoms with van der Waals surface area (Å²) in [6.45, 7) is 22.6. The highest BCUT2D eigenvalue weighted by atomic mass is 35.5. The third-order valence-electron chi connectivity index (χ3n) is 15.0. The number of aryl methyl sites for hydroxylation is 4. The van der Waals surface area contributed by atoms with E-state index in [1.165, 1.54) is 22.6 Å². The Hall–Kier alpha value is -3.92. The third-order valence-corrected chi connectivity index (χ3v) is 17.6. The number of H-pyrrole nitrogens is 1. The second kappa shape index (κ2) is 26.2. The maximum atomic E-state index is 13.8. The SMILES string of the molecule is CC(C)(C)OC(=O)N1CCC(c2cc(CCc3ccc(Cl)s3)[nH]n2)CC1.CC1CCCC(C)C1C(=O)O.CC1CCCC(C)C1C(=O)n1nc(C2CCN(C(=O)OC(C)(C)C)CC2)cc1CCc1ccc(Cl)s1. The number of halogens is 2. The molecule has 0 spiro atoms. The zero-order valence-electron chi connectivity index (χ0n) is 45.0. The smallest absolute Gasteiger partial charge is 0.410 e. The number of carboxylic acid groups (broad SMARTS) is 1. The normalized spacial score (nSPS) is 23.2. The van der Waals surface area contributed by atoms with E-state index in [0.29, 0.717) is 42.7 Å². The molecule has 2 saturated carbocycles. The number of aromatic amines is 1. The summed E-state index contributed by atoms with van der Waals surface area (Å²) in [6.07, 6.45) is 13.3. The average molecular weight is 1090 g/mol. The molecule has 2 aliphatic heterocycles. The van der Waals surface area contributed by atoms with E-state index in [0.717, 1.165) is 122 Å². The number of carbonyl (C=O) groups excluding carboxylic acids is 3. The van der Waals surface area contributed by atoms with Crippen LogP contribution in [0.2, 0.25) is 8.67 Å². The number of likely N-dealkylation sites (tertiary alicyclic amines) is 2. The molecule has 2 saturated heterocycles. The van der Waals surface area contributed by atoms with Gasteiger partial charge in [-0.2, -0.15) is 10.2 Å². The molecule has 2 amide bonds. The largest absolute Gasteiger partial charge is 0.481 e. The maximum Gasteiger partial charge on any atom is 0.410 e. The number of piperidine rings is 2. The van der Waals surface area contributed by atoms with Crippen LogP contribution in [0.1, 0.15) is 183 Å². The topological polar surface area (TPSA) is 160 Å². The summed E-state index contributed by atoms with van der Waals surface area (Å²) in [6, 6.07) is 12.3. The van der Waals surface area contributed by atoms with E-state index in [2.05, 4.69) is 62.2 Å². The third kappa shape index (κ3) is 17.3. The number of hydrogen-bond donors (Lipinski definition) is 2. The molecule has 0 bridgehead atoms. The molecular weight excluding hydrogens is 1000 g/mol. The lowest BCUT2D eigenvalue weighted by Gasteiger charge is -2.33. The van der Waals surface area contributed by atoms with Crippen LogP contribution in [0.25, 0.3) is 0 Å². The Kier molecular flexibility index (Phi) is 21.0. The van der Waals surface area contributed by atoms with Crippen LogP contribution in [0.5, 0.6) is 0 Å². The van der Waals surface area contributed by atoms with Gasteiger partial charge in [0.25, 0.3) is 5.91 Å². The summed E-state index contributed by atoms with van der Waals surface area (Å²) < 4.78 is 14.4. The van der Waals surface area contributed by atoms with Crippen LogP contribution in [-0.4, -0.2) is 96.3 Å². The number of ether oxygens (including phenoxy) is 2. The number of hydrogen-bond acceptors (Lipinski definition) is 10. The second-order valence-corrected chi connectivity index (χ2v) is 26.8. The standard InChI is InChI=1S/C28H40ClN3O3S.C19H26ClN3O2S.C9H16O2/c1-18-7-6-8-19(2)25(18)26(33)32-21(9-10-22-11-12-24(29)36-22)17-23(30-32)20-13-15-31(16-14-20)27(34)35-28(3,4)5;1-19(2,3)25-18(24)23-10-8-13(9-11-23)16-12-14(21-22-16)4-5-15-6-7-17(20)26-15;1-6-4-3-5-7(2)8(6)9(10)11/h11-12,17-20,25H,6-10,13-16H2,1-5H3;6-7,12-13H,4-5,8-11H2,1-3H3,(H,21,22);6-8H,3-5H2,1-2H3,(H,10,11). The lowest BCUT2D eigenvalue weighted by Crippen LogP contribution is -2.41. The van der Waals surface area contributed by atoms with E-state index >= 15 is 0 Å². The van der Waals surface area contributed by atoms with Gasteiger partial charge in [-0.15, -0.1) is 22.7 Å². The second-order valence-electron chi connectivity index (χ2n) is 23.2. The van der Waals surface area contributed by atoms with Crippen molar-refractivity contribution in [2.24, 2.45) is 35.5 Å². The van der Waals surface area contributed by atoms with Gasteiger partial charge in [-0.25, -0.2) is 14.3 Å². The molecule has 4 aromatic rings. The molecule has 0 aromatic carbocycles. The van der Waals surface area contributed by atoms with E-state index in [9.17, 15) is 19.2 Å². The summed E-state index contributed by atoms with van der Waals surface area (Å²) in [5.41, 5.74) is 3.27. The molecule has 8 rings (SSSR count). The minimum Gasteiger partial charge on any atom is -0.481 e. The van der Waals surface area contributed by atoms with Crippen molar-refractivity contribution in [1.82, 2.24) is 29.8 Å². The molecule has 4 aliphatic rings.